The lowest BCUT2D eigenvalue weighted by Crippen LogP contribution is -2.12. The molecule has 0 unspecified atom stereocenters. The number of nitrogens with one attached hydrogen (secondary N) is 1. The number of anilines is 1. The molecular formula is C24H27ClN2O3. The van der Waals surface area contributed by atoms with Gasteiger partial charge in [0.05, 0.1) is 17.6 Å². The molecule has 0 aliphatic heterocycles. The van der Waals surface area contributed by atoms with Crippen molar-refractivity contribution in [1.82, 2.24) is 4.57 Å². The number of halogens is 1. The second-order valence-electron chi connectivity index (χ2n) is 7.87. The molecule has 0 aliphatic carbocycles. The number of aromatic nitrogens is 1. The van der Waals surface area contributed by atoms with E-state index in [9.17, 15) is 14.7 Å². The fourth-order valence-electron chi connectivity index (χ4n) is 4.05. The van der Waals surface area contributed by atoms with Gasteiger partial charge in [-0.15, -0.1) is 0 Å². The number of carbonyl (C=O) groups is 2. The highest BCUT2D eigenvalue weighted by molar-refractivity contribution is 6.30. The lowest BCUT2D eigenvalue weighted by atomic mass is 9.89. The van der Waals surface area contributed by atoms with Gasteiger partial charge in [-0.25, -0.2) is 0 Å². The summed E-state index contributed by atoms with van der Waals surface area (Å²) in [7, 11) is 0. The van der Waals surface area contributed by atoms with Crippen LogP contribution in [0, 0.1) is 19.8 Å². The van der Waals surface area contributed by atoms with Crippen molar-refractivity contribution in [3.63, 3.8) is 0 Å². The number of nitrogens with zero attached hydrogens (tertiary/aromatic N) is 1. The molecule has 0 saturated carbocycles. The van der Waals surface area contributed by atoms with Crippen molar-refractivity contribution >= 4 is 40.6 Å². The zero-order valence-electron chi connectivity index (χ0n) is 17.8. The maximum absolute atomic E-state index is 11.7. The number of hydrogen-bond donors (Lipinski definition) is 2. The minimum Gasteiger partial charge on any atom is -0.481 e. The Morgan fingerprint density at radius 1 is 1.27 bits per heavy atom. The minimum absolute atomic E-state index is 0.136. The van der Waals surface area contributed by atoms with E-state index in [-0.39, 0.29) is 6.42 Å². The summed E-state index contributed by atoms with van der Waals surface area (Å²) in [4.78, 5) is 23.1. The smallest absolute Gasteiger partial charge is 0.307 e. The second-order valence-corrected chi connectivity index (χ2v) is 8.30. The van der Waals surface area contributed by atoms with E-state index in [1.165, 1.54) is 0 Å². The first-order chi connectivity index (χ1) is 14.3. The molecule has 1 heterocycles. The molecule has 1 amide bonds. The standard InChI is InChI=1S/C24H27ClN2O3/c1-5-14(2)12-27-15(3)10-20-22(17-6-8-18(25)9-7-17)19(11-21(29)30)16(4)23(24(20)27)26-13-28/h6-10,13-14H,5,11-12H2,1-4H3,(H,26,28)(H,29,30)/t14-/m1/s1. The van der Waals surface area contributed by atoms with Crippen LogP contribution in [-0.4, -0.2) is 22.1 Å². The van der Waals surface area contributed by atoms with Crippen LogP contribution in [0.3, 0.4) is 0 Å². The molecule has 6 heteroatoms. The highest BCUT2D eigenvalue weighted by Gasteiger charge is 2.24. The molecule has 1 aromatic heterocycles. The van der Waals surface area contributed by atoms with Crippen LogP contribution in [-0.2, 0) is 22.6 Å². The number of rotatable bonds is 8. The Labute approximate surface area is 181 Å². The van der Waals surface area contributed by atoms with Crippen LogP contribution in [0.15, 0.2) is 30.3 Å². The molecule has 30 heavy (non-hydrogen) atoms. The molecule has 0 radical (unpaired) electrons. The van der Waals surface area contributed by atoms with Crippen LogP contribution in [0.2, 0.25) is 5.02 Å². The quantitative estimate of drug-likeness (QED) is 0.446. The molecular weight excluding hydrogens is 400 g/mol. The predicted octanol–water partition coefficient (Wildman–Crippen LogP) is 5.82. The molecule has 3 aromatic rings. The number of aryl methyl sites for hydroxylation is 1. The number of amides is 1. The summed E-state index contributed by atoms with van der Waals surface area (Å²) in [5, 5.41) is 14.0. The number of carboxylic acids is 1. The van der Waals surface area contributed by atoms with Crippen LogP contribution in [0.1, 0.15) is 37.1 Å². The van der Waals surface area contributed by atoms with Gasteiger partial charge in [0, 0.05) is 22.6 Å². The number of carbonyl (C=O) groups excluding carboxylic acids is 1. The van der Waals surface area contributed by atoms with Crippen molar-refractivity contribution in [1.29, 1.82) is 0 Å². The highest BCUT2D eigenvalue weighted by atomic mass is 35.5. The number of benzene rings is 2. The van der Waals surface area contributed by atoms with E-state index in [2.05, 4.69) is 29.8 Å². The molecule has 0 spiro atoms. The number of hydrogen-bond acceptors (Lipinski definition) is 2. The van der Waals surface area contributed by atoms with Gasteiger partial charge < -0.3 is 15.0 Å². The van der Waals surface area contributed by atoms with Crippen molar-refractivity contribution in [2.75, 3.05) is 5.32 Å². The molecule has 158 valence electrons. The third-order valence-electron chi connectivity index (χ3n) is 5.79. The molecule has 5 nitrogen and oxygen atoms in total. The normalized spacial score (nSPS) is 12.2. The van der Waals surface area contributed by atoms with Gasteiger partial charge in [0.1, 0.15) is 0 Å². The van der Waals surface area contributed by atoms with Crippen molar-refractivity contribution in [3.8, 4) is 11.1 Å². The zero-order valence-corrected chi connectivity index (χ0v) is 18.5. The molecule has 0 aliphatic rings. The first-order valence-electron chi connectivity index (χ1n) is 10.1. The van der Waals surface area contributed by atoms with E-state index < -0.39 is 5.97 Å². The van der Waals surface area contributed by atoms with Crippen LogP contribution in [0.25, 0.3) is 22.0 Å². The van der Waals surface area contributed by atoms with E-state index >= 15 is 0 Å². The Morgan fingerprint density at radius 3 is 2.50 bits per heavy atom. The predicted molar refractivity (Wildman–Crippen MR) is 122 cm³/mol. The molecule has 2 N–H and O–H groups in total. The molecule has 3 rings (SSSR count). The van der Waals surface area contributed by atoms with E-state index in [0.717, 1.165) is 46.3 Å². The minimum atomic E-state index is -0.916. The Morgan fingerprint density at radius 2 is 1.93 bits per heavy atom. The maximum atomic E-state index is 11.7. The van der Waals surface area contributed by atoms with E-state index in [4.69, 9.17) is 11.6 Å². The van der Waals surface area contributed by atoms with Crippen LogP contribution >= 0.6 is 11.6 Å². The van der Waals surface area contributed by atoms with Crippen LogP contribution in [0.5, 0.6) is 0 Å². The lowest BCUT2D eigenvalue weighted by molar-refractivity contribution is -0.136. The van der Waals surface area contributed by atoms with Gasteiger partial charge in [0.25, 0.3) is 0 Å². The summed E-state index contributed by atoms with van der Waals surface area (Å²) >= 11 is 6.09. The topological polar surface area (TPSA) is 71.3 Å². The van der Waals surface area contributed by atoms with Gasteiger partial charge in [0.15, 0.2) is 0 Å². The number of carboxylic acid groups (broad SMARTS) is 1. The summed E-state index contributed by atoms with van der Waals surface area (Å²) in [5.41, 5.74) is 5.92. The average Bonchev–Trinajstić information content (AvgIpc) is 3.01. The summed E-state index contributed by atoms with van der Waals surface area (Å²) in [6, 6.07) is 9.53. The summed E-state index contributed by atoms with van der Waals surface area (Å²) in [6.45, 7) is 9.09. The summed E-state index contributed by atoms with van der Waals surface area (Å²) < 4.78 is 2.23. The van der Waals surface area contributed by atoms with Gasteiger partial charge in [0.2, 0.25) is 6.41 Å². The van der Waals surface area contributed by atoms with Gasteiger partial charge in [-0.05, 0) is 60.2 Å². The number of fused-ring (bicyclic) bond motifs is 1. The zero-order chi connectivity index (χ0) is 22.0. The van der Waals surface area contributed by atoms with Gasteiger partial charge in [-0.2, -0.15) is 0 Å². The van der Waals surface area contributed by atoms with E-state index in [1.807, 2.05) is 38.1 Å². The SMILES string of the molecule is CC[C@@H](C)Cn1c(C)cc2c(-c3ccc(Cl)cc3)c(CC(=O)O)c(C)c(NC=O)c21. The fraction of sp³-hybridized carbons (Fsp3) is 0.333. The molecule has 2 aromatic carbocycles. The second kappa shape index (κ2) is 8.92. The van der Waals surface area contributed by atoms with Gasteiger partial charge >= 0.3 is 5.97 Å². The van der Waals surface area contributed by atoms with Crippen LogP contribution < -0.4 is 5.32 Å². The maximum Gasteiger partial charge on any atom is 0.307 e. The summed E-state index contributed by atoms with van der Waals surface area (Å²) in [6.07, 6.45) is 1.56. The molecule has 1 atom stereocenters. The van der Waals surface area contributed by atoms with E-state index in [1.54, 1.807) is 0 Å². The molecule has 0 bridgehead atoms. The number of aliphatic carboxylic acids is 1. The van der Waals surface area contributed by atoms with Gasteiger partial charge in [-0.3, -0.25) is 9.59 Å². The van der Waals surface area contributed by atoms with Crippen molar-refractivity contribution in [2.24, 2.45) is 5.92 Å². The van der Waals surface area contributed by atoms with Crippen molar-refractivity contribution < 1.29 is 14.7 Å². The molecule has 0 saturated heterocycles. The van der Waals surface area contributed by atoms with Gasteiger partial charge in [-0.1, -0.05) is 44.0 Å². The highest BCUT2D eigenvalue weighted by Crippen LogP contribution is 2.42. The lowest BCUT2D eigenvalue weighted by Gasteiger charge is -2.21. The van der Waals surface area contributed by atoms with Crippen molar-refractivity contribution in [2.45, 2.75) is 47.1 Å². The van der Waals surface area contributed by atoms with E-state index in [0.29, 0.717) is 28.6 Å². The summed E-state index contributed by atoms with van der Waals surface area (Å²) in [5.74, 6) is -0.457. The van der Waals surface area contributed by atoms with Crippen molar-refractivity contribution in [3.05, 3.63) is 52.2 Å². The average molecular weight is 427 g/mol. The monoisotopic (exact) mass is 426 g/mol. The fourth-order valence-corrected chi connectivity index (χ4v) is 4.17. The first kappa shape index (κ1) is 21.9. The Bertz CT molecular complexity index is 1100. The molecule has 0 fully saturated rings. The Balaban J connectivity index is 2.45. The Kier molecular flexibility index (Phi) is 6.52. The third kappa shape index (κ3) is 4.08. The Hall–Kier alpha value is -2.79. The van der Waals surface area contributed by atoms with Crippen LogP contribution in [0.4, 0.5) is 5.69 Å². The third-order valence-corrected chi connectivity index (χ3v) is 6.05. The first-order valence-corrected chi connectivity index (χ1v) is 10.5. The largest absolute Gasteiger partial charge is 0.481 e.